The van der Waals surface area contributed by atoms with Crippen LogP contribution in [0.3, 0.4) is 0 Å². The Hall–Kier alpha value is -3.93. The maximum Gasteiger partial charge on any atom is 0.258 e. The van der Waals surface area contributed by atoms with Gasteiger partial charge in [-0.2, -0.15) is 0 Å². The molecule has 0 heterocycles. The zero-order valence-corrected chi connectivity index (χ0v) is 21.7. The lowest BCUT2D eigenvalue weighted by Gasteiger charge is -2.20. The van der Waals surface area contributed by atoms with Gasteiger partial charge in [-0.15, -0.1) is 0 Å². The smallest absolute Gasteiger partial charge is 0.258 e. The molecule has 38 heavy (non-hydrogen) atoms. The van der Waals surface area contributed by atoms with Crippen LogP contribution in [0, 0.1) is 0 Å². The number of benzene rings is 1. The lowest BCUT2D eigenvalue weighted by molar-refractivity contribution is -0.132. The van der Waals surface area contributed by atoms with Crippen molar-refractivity contribution in [2.24, 2.45) is 17.2 Å². The van der Waals surface area contributed by atoms with Crippen LogP contribution < -0.4 is 43.6 Å². The molecule has 0 fully saturated rings. The second-order valence-corrected chi connectivity index (χ2v) is 9.14. The van der Waals surface area contributed by atoms with Crippen molar-refractivity contribution in [3.05, 3.63) is 34.7 Å². The van der Waals surface area contributed by atoms with Gasteiger partial charge in [0.2, 0.25) is 23.6 Å². The first-order valence-electron chi connectivity index (χ1n) is 12.7. The molecule has 0 aromatic heterocycles. The number of nitrogens with one attached hydrogen (secondary N) is 3. The Labute approximate surface area is 221 Å². The van der Waals surface area contributed by atoms with Crippen LogP contribution in [-0.4, -0.2) is 60.8 Å². The summed E-state index contributed by atoms with van der Waals surface area (Å²) in [5, 5.41) is 9.48. The summed E-state index contributed by atoms with van der Waals surface area (Å²) in [7, 11) is 0. The summed E-state index contributed by atoms with van der Waals surface area (Å²) < 4.78 is 5.71. The SMILES string of the molecule is CC(NC(=O)COC1=c2ccccc2=CCC1)C(=O)N[C@@H](CCC(=O)NC(CCCCN)C(N)=O)C(N)=O. The molecule has 5 amide bonds. The van der Waals surface area contributed by atoms with E-state index in [0.29, 0.717) is 38.0 Å². The number of hydrogen-bond donors (Lipinski definition) is 6. The molecular formula is C26H38N6O6. The first-order chi connectivity index (χ1) is 18.1. The molecule has 1 aliphatic rings. The lowest BCUT2D eigenvalue weighted by Crippen LogP contribution is -2.52. The van der Waals surface area contributed by atoms with Gasteiger partial charge in [0.15, 0.2) is 6.61 Å². The number of primary amides is 2. The van der Waals surface area contributed by atoms with Crippen LogP contribution >= 0.6 is 0 Å². The third-order valence-corrected chi connectivity index (χ3v) is 6.09. The molecule has 12 nitrogen and oxygen atoms in total. The van der Waals surface area contributed by atoms with Crippen molar-refractivity contribution in [3.63, 3.8) is 0 Å². The third-order valence-electron chi connectivity index (χ3n) is 6.09. The number of carbonyl (C=O) groups excluding carboxylic acids is 5. The van der Waals surface area contributed by atoms with E-state index in [1.54, 1.807) is 0 Å². The number of ether oxygens (including phenoxy) is 1. The molecule has 0 radical (unpaired) electrons. The van der Waals surface area contributed by atoms with E-state index in [9.17, 15) is 24.0 Å². The van der Waals surface area contributed by atoms with Crippen molar-refractivity contribution in [2.75, 3.05) is 13.2 Å². The molecule has 208 valence electrons. The normalized spacial score (nSPS) is 14.6. The lowest BCUT2D eigenvalue weighted by atomic mass is 10.1. The first-order valence-corrected chi connectivity index (χ1v) is 12.7. The number of unbranched alkanes of at least 4 members (excludes halogenated alkanes) is 1. The van der Waals surface area contributed by atoms with Crippen LogP contribution in [0.5, 0.6) is 0 Å². The Kier molecular flexibility index (Phi) is 12.2. The number of fused-ring (bicyclic) bond motifs is 1. The van der Waals surface area contributed by atoms with Gasteiger partial charge in [-0.05, 0) is 50.8 Å². The van der Waals surface area contributed by atoms with E-state index in [-0.39, 0.29) is 19.4 Å². The molecule has 0 bridgehead atoms. The van der Waals surface area contributed by atoms with Crippen LogP contribution in [0.25, 0.3) is 11.8 Å². The van der Waals surface area contributed by atoms with Crippen molar-refractivity contribution in [1.29, 1.82) is 0 Å². The van der Waals surface area contributed by atoms with E-state index in [1.165, 1.54) is 6.92 Å². The molecule has 9 N–H and O–H groups in total. The van der Waals surface area contributed by atoms with E-state index >= 15 is 0 Å². The zero-order valence-electron chi connectivity index (χ0n) is 21.7. The van der Waals surface area contributed by atoms with E-state index in [2.05, 4.69) is 22.0 Å². The van der Waals surface area contributed by atoms with Gasteiger partial charge < -0.3 is 37.9 Å². The quantitative estimate of drug-likeness (QED) is 0.129. The molecule has 2 rings (SSSR count). The second kappa shape index (κ2) is 15.4. The van der Waals surface area contributed by atoms with E-state index in [4.69, 9.17) is 21.9 Å². The van der Waals surface area contributed by atoms with Crippen LogP contribution in [0.4, 0.5) is 0 Å². The average molecular weight is 531 g/mol. The summed E-state index contributed by atoms with van der Waals surface area (Å²) in [6, 6.07) is 4.73. The van der Waals surface area contributed by atoms with Gasteiger partial charge in [0.1, 0.15) is 23.9 Å². The minimum Gasteiger partial charge on any atom is -0.487 e. The highest BCUT2D eigenvalue weighted by Gasteiger charge is 2.25. The van der Waals surface area contributed by atoms with E-state index in [0.717, 1.165) is 16.9 Å². The molecule has 1 aromatic carbocycles. The fraction of sp³-hybridized carbons (Fsp3) is 0.500. The van der Waals surface area contributed by atoms with Gasteiger partial charge in [0, 0.05) is 18.1 Å². The van der Waals surface area contributed by atoms with Crippen molar-refractivity contribution < 1.29 is 28.7 Å². The topological polar surface area (TPSA) is 209 Å². The van der Waals surface area contributed by atoms with Gasteiger partial charge in [-0.3, -0.25) is 24.0 Å². The summed E-state index contributed by atoms with van der Waals surface area (Å²) in [5.74, 6) is -2.47. The highest BCUT2D eigenvalue weighted by molar-refractivity contribution is 5.92. The molecule has 2 unspecified atom stereocenters. The minimum absolute atomic E-state index is 0.0975. The molecule has 12 heteroatoms. The Morgan fingerprint density at radius 1 is 0.921 bits per heavy atom. The van der Waals surface area contributed by atoms with Gasteiger partial charge in [0.05, 0.1) is 0 Å². The van der Waals surface area contributed by atoms with Gasteiger partial charge in [-0.1, -0.05) is 30.3 Å². The molecule has 3 atom stereocenters. The number of carbonyl (C=O) groups is 5. The van der Waals surface area contributed by atoms with Crippen molar-refractivity contribution in [3.8, 4) is 0 Å². The molecular weight excluding hydrogens is 492 g/mol. The van der Waals surface area contributed by atoms with Crippen molar-refractivity contribution in [1.82, 2.24) is 16.0 Å². The van der Waals surface area contributed by atoms with E-state index in [1.807, 2.05) is 24.3 Å². The van der Waals surface area contributed by atoms with Gasteiger partial charge in [-0.25, -0.2) is 0 Å². The maximum absolute atomic E-state index is 12.6. The summed E-state index contributed by atoms with van der Waals surface area (Å²) in [5.41, 5.74) is 16.2. The Morgan fingerprint density at radius 3 is 2.29 bits per heavy atom. The summed E-state index contributed by atoms with van der Waals surface area (Å²) in [6.07, 6.45) is 4.94. The van der Waals surface area contributed by atoms with Crippen LogP contribution in [0.15, 0.2) is 24.3 Å². The van der Waals surface area contributed by atoms with Crippen molar-refractivity contribution in [2.45, 2.75) is 70.0 Å². The van der Waals surface area contributed by atoms with Crippen LogP contribution in [0.2, 0.25) is 0 Å². The number of rotatable bonds is 16. The fourth-order valence-electron chi connectivity index (χ4n) is 3.98. The fourth-order valence-corrected chi connectivity index (χ4v) is 3.98. The minimum atomic E-state index is -1.15. The van der Waals surface area contributed by atoms with E-state index < -0.39 is 47.7 Å². The number of nitrogens with two attached hydrogens (primary N) is 3. The Balaban J connectivity index is 1.83. The van der Waals surface area contributed by atoms with Crippen LogP contribution in [0.1, 0.15) is 51.9 Å². The summed E-state index contributed by atoms with van der Waals surface area (Å²) >= 11 is 0. The summed E-state index contributed by atoms with van der Waals surface area (Å²) in [6.45, 7) is 1.64. The highest BCUT2D eigenvalue weighted by Crippen LogP contribution is 2.09. The zero-order chi connectivity index (χ0) is 28.1. The summed E-state index contributed by atoms with van der Waals surface area (Å²) in [4.78, 5) is 60.6. The molecule has 0 saturated carbocycles. The van der Waals surface area contributed by atoms with Crippen LogP contribution in [-0.2, 0) is 28.7 Å². The second-order valence-electron chi connectivity index (χ2n) is 9.14. The van der Waals surface area contributed by atoms with Gasteiger partial charge in [0.25, 0.3) is 5.91 Å². The standard InChI is InChI=1S/C26H38N6O6/c1-16(30-23(34)15-38-21-11-6-8-17-7-2-3-9-18(17)21)26(37)32-20(25(29)36)12-13-22(33)31-19(24(28)35)10-4-5-14-27/h2-3,7-9,16,19-20H,4-6,10-15,27H2,1H3,(H2,28,35)(H2,29,36)(H,30,34)(H,31,33)(H,32,37)/t16?,19?,20-/m0/s1. The third kappa shape index (κ3) is 9.85. The molecule has 1 aromatic rings. The van der Waals surface area contributed by atoms with Crippen molar-refractivity contribution >= 4 is 41.4 Å². The first kappa shape index (κ1) is 30.3. The molecule has 0 aliphatic heterocycles. The molecule has 0 saturated heterocycles. The highest BCUT2D eigenvalue weighted by atomic mass is 16.5. The maximum atomic E-state index is 12.6. The van der Waals surface area contributed by atoms with Gasteiger partial charge >= 0.3 is 0 Å². The molecule has 0 spiro atoms. The number of hydrogen-bond acceptors (Lipinski definition) is 7. The number of amides is 5. The Bertz CT molecular complexity index is 1140. The monoisotopic (exact) mass is 530 g/mol. The largest absolute Gasteiger partial charge is 0.487 e. The Morgan fingerprint density at radius 2 is 1.61 bits per heavy atom. The predicted octanol–water partition coefficient (Wildman–Crippen LogP) is -2.26. The average Bonchev–Trinajstić information content (AvgIpc) is 2.88. The molecule has 1 aliphatic carbocycles. The predicted molar refractivity (Wildman–Crippen MR) is 141 cm³/mol.